The molecule has 0 atom stereocenters. The Morgan fingerprint density at radius 3 is 2.63 bits per heavy atom. The van der Waals surface area contributed by atoms with Crippen LogP contribution in [0.3, 0.4) is 0 Å². The van der Waals surface area contributed by atoms with Crippen molar-refractivity contribution in [1.29, 1.82) is 0 Å². The lowest BCUT2D eigenvalue weighted by atomic mass is 10.0. The molecule has 1 aliphatic carbocycles. The molecule has 2 aliphatic rings. The van der Waals surface area contributed by atoms with Crippen LogP contribution >= 0.6 is 15.9 Å². The minimum atomic E-state index is -0.0968. The van der Waals surface area contributed by atoms with Gasteiger partial charge >= 0.3 is 0 Å². The lowest BCUT2D eigenvalue weighted by Crippen LogP contribution is -2.40. The average molecular weight is 327 g/mol. The topological polar surface area (TPSA) is 50.2 Å². The predicted octanol–water partition coefficient (Wildman–Crippen LogP) is 1.58. The van der Waals surface area contributed by atoms with Crippen molar-refractivity contribution in [3.05, 3.63) is 21.0 Å². The van der Waals surface area contributed by atoms with Crippen LogP contribution in [0.1, 0.15) is 25.7 Å². The summed E-state index contributed by atoms with van der Waals surface area (Å²) >= 11 is 3.36. The van der Waals surface area contributed by atoms with Gasteiger partial charge in [0.2, 0.25) is 0 Å². The van der Waals surface area contributed by atoms with E-state index in [0.717, 1.165) is 37.7 Å². The number of likely N-dealkylation sites (tertiary alicyclic amines) is 1. The molecule has 0 amide bonds. The standard InChI is InChI=1S/C13H19BrN4O/c1-17-13(19)12(14)11(8-15-17)16-9-4-6-18(7-5-9)10-2-3-10/h8-10,16H,2-7H2,1H3. The largest absolute Gasteiger partial charge is 0.380 e. The highest BCUT2D eigenvalue weighted by Gasteiger charge is 2.31. The van der Waals surface area contributed by atoms with Gasteiger partial charge in [-0.2, -0.15) is 5.10 Å². The predicted molar refractivity (Wildman–Crippen MR) is 78.4 cm³/mol. The number of piperidine rings is 1. The highest BCUT2D eigenvalue weighted by molar-refractivity contribution is 9.10. The summed E-state index contributed by atoms with van der Waals surface area (Å²) in [5.41, 5.74) is 0.716. The molecule has 1 N–H and O–H groups in total. The van der Waals surface area contributed by atoms with Crippen LogP contribution in [0.2, 0.25) is 0 Å². The van der Waals surface area contributed by atoms with Crippen LogP contribution in [0.15, 0.2) is 15.5 Å². The average Bonchev–Trinajstić information content (AvgIpc) is 3.25. The van der Waals surface area contributed by atoms with E-state index in [0.29, 0.717) is 10.5 Å². The number of nitrogens with zero attached hydrogens (tertiary/aromatic N) is 3. The van der Waals surface area contributed by atoms with Crippen molar-refractivity contribution < 1.29 is 0 Å². The zero-order valence-corrected chi connectivity index (χ0v) is 12.7. The second-order valence-electron chi connectivity index (χ2n) is 5.49. The van der Waals surface area contributed by atoms with Crippen molar-refractivity contribution in [3.8, 4) is 0 Å². The highest BCUT2D eigenvalue weighted by atomic mass is 79.9. The summed E-state index contributed by atoms with van der Waals surface area (Å²) in [6, 6.07) is 1.30. The summed E-state index contributed by atoms with van der Waals surface area (Å²) in [5.74, 6) is 0. The van der Waals surface area contributed by atoms with Crippen LogP contribution in [-0.4, -0.2) is 39.9 Å². The van der Waals surface area contributed by atoms with E-state index < -0.39 is 0 Å². The Balaban J connectivity index is 1.63. The molecule has 0 radical (unpaired) electrons. The van der Waals surface area contributed by atoms with Crippen molar-refractivity contribution in [2.24, 2.45) is 7.05 Å². The molecule has 0 bridgehead atoms. The minimum absolute atomic E-state index is 0.0968. The van der Waals surface area contributed by atoms with Gasteiger partial charge in [-0.25, -0.2) is 4.68 Å². The van der Waals surface area contributed by atoms with Gasteiger partial charge < -0.3 is 10.2 Å². The van der Waals surface area contributed by atoms with E-state index in [1.54, 1.807) is 13.2 Å². The third-order valence-corrected chi connectivity index (χ3v) is 4.80. The third-order valence-electron chi connectivity index (χ3n) is 4.03. The molecule has 1 saturated carbocycles. The fourth-order valence-corrected chi connectivity index (χ4v) is 3.15. The van der Waals surface area contributed by atoms with Crippen LogP contribution in [0.5, 0.6) is 0 Å². The molecule has 1 aromatic heterocycles. The van der Waals surface area contributed by atoms with E-state index >= 15 is 0 Å². The molecule has 3 rings (SSSR count). The van der Waals surface area contributed by atoms with Gasteiger partial charge in [-0.1, -0.05) is 0 Å². The fraction of sp³-hybridized carbons (Fsp3) is 0.692. The van der Waals surface area contributed by atoms with Gasteiger partial charge in [-0.3, -0.25) is 4.79 Å². The summed E-state index contributed by atoms with van der Waals surface area (Å²) < 4.78 is 1.92. The van der Waals surface area contributed by atoms with Crippen molar-refractivity contribution in [3.63, 3.8) is 0 Å². The van der Waals surface area contributed by atoms with E-state index in [4.69, 9.17) is 0 Å². The normalized spacial score (nSPS) is 21.6. The second kappa shape index (κ2) is 5.25. The molecule has 19 heavy (non-hydrogen) atoms. The molecule has 1 aromatic rings. The summed E-state index contributed by atoms with van der Waals surface area (Å²) in [7, 11) is 1.66. The smallest absolute Gasteiger partial charge is 0.282 e. The molecule has 2 heterocycles. The zero-order chi connectivity index (χ0) is 13.4. The van der Waals surface area contributed by atoms with E-state index in [2.05, 4.69) is 31.2 Å². The van der Waals surface area contributed by atoms with Crippen LogP contribution in [0.25, 0.3) is 0 Å². The molecule has 1 aliphatic heterocycles. The lowest BCUT2D eigenvalue weighted by Gasteiger charge is -2.32. The van der Waals surface area contributed by atoms with Crippen molar-refractivity contribution >= 4 is 21.6 Å². The van der Waals surface area contributed by atoms with Crippen molar-refractivity contribution in [2.75, 3.05) is 18.4 Å². The maximum atomic E-state index is 11.8. The molecule has 104 valence electrons. The van der Waals surface area contributed by atoms with Gasteiger partial charge in [0.1, 0.15) is 4.47 Å². The molecule has 5 nitrogen and oxygen atoms in total. The van der Waals surface area contributed by atoms with E-state index in [1.807, 2.05) is 0 Å². The number of hydrogen-bond donors (Lipinski definition) is 1. The van der Waals surface area contributed by atoms with Crippen LogP contribution in [-0.2, 0) is 7.05 Å². The summed E-state index contributed by atoms with van der Waals surface area (Å²) in [6.45, 7) is 2.33. The molecule has 0 spiro atoms. The molecule has 2 fully saturated rings. The second-order valence-corrected chi connectivity index (χ2v) is 6.28. The van der Waals surface area contributed by atoms with Crippen LogP contribution in [0.4, 0.5) is 5.69 Å². The SMILES string of the molecule is Cn1ncc(NC2CCN(C3CC3)CC2)c(Br)c1=O. The number of aromatic nitrogens is 2. The molecule has 0 aromatic carbocycles. The van der Waals surface area contributed by atoms with Crippen LogP contribution in [0, 0.1) is 0 Å². The quantitative estimate of drug-likeness (QED) is 0.916. The third kappa shape index (κ3) is 2.84. The monoisotopic (exact) mass is 326 g/mol. The number of anilines is 1. The molecule has 0 unspecified atom stereocenters. The van der Waals surface area contributed by atoms with Gasteiger partial charge in [-0.05, 0) is 41.6 Å². The van der Waals surface area contributed by atoms with Gasteiger partial charge in [0.25, 0.3) is 5.56 Å². The van der Waals surface area contributed by atoms with E-state index in [-0.39, 0.29) is 5.56 Å². The van der Waals surface area contributed by atoms with E-state index in [1.165, 1.54) is 17.5 Å². The number of nitrogens with one attached hydrogen (secondary N) is 1. The summed E-state index contributed by atoms with van der Waals surface area (Å²) in [4.78, 5) is 14.4. The number of rotatable bonds is 3. The maximum absolute atomic E-state index is 11.8. The number of aryl methyl sites for hydroxylation is 1. The van der Waals surface area contributed by atoms with Gasteiger partial charge in [0.15, 0.2) is 0 Å². The lowest BCUT2D eigenvalue weighted by molar-refractivity contribution is 0.210. The van der Waals surface area contributed by atoms with Gasteiger partial charge in [0.05, 0.1) is 11.9 Å². The minimum Gasteiger partial charge on any atom is -0.380 e. The first-order chi connectivity index (χ1) is 9.15. The Morgan fingerprint density at radius 2 is 2.00 bits per heavy atom. The first kappa shape index (κ1) is 13.1. The summed E-state index contributed by atoms with van der Waals surface area (Å²) in [5, 5.41) is 7.51. The fourth-order valence-electron chi connectivity index (χ4n) is 2.68. The van der Waals surface area contributed by atoms with Gasteiger partial charge in [-0.15, -0.1) is 0 Å². The highest BCUT2D eigenvalue weighted by Crippen LogP contribution is 2.30. The number of hydrogen-bond acceptors (Lipinski definition) is 4. The Morgan fingerprint density at radius 1 is 1.32 bits per heavy atom. The van der Waals surface area contributed by atoms with E-state index in [9.17, 15) is 4.79 Å². The Hall–Kier alpha value is -0.880. The van der Waals surface area contributed by atoms with Crippen molar-refractivity contribution in [2.45, 2.75) is 37.8 Å². The molecule has 1 saturated heterocycles. The number of halogens is 1. The zero-order valence-electron chi connectivity index (χ0n) is 11.1. The Kier molecular flexibility index (Phi) is 3.62. The first-order valence-corrected chi connectivity index (χ1v) is 7.67. The Labute approximate surface area is 121 Å². The molecular weight excluding hydrogens is 308 g/mol. The molecular formula is C13H19BrN4O. The first-order valence-electron chi connectivity index (χ1n) is 6.87. The van der Waals surface area contributed by atoms with Gasteiger partial charge in [0, 0.05) is 32.2 Å². The Bertz CT molecular complexity index is 518. The van der Waals surface area contributed by atoms with Crippen molar-refractivity contribution in [1.82, 2.24) is 14.7 Å². The molecule has 6 heteroatoms. The van der Waals surface area contributed by atoms with Crippen LogP contribution < -0.4 is 10.9 Å². The maximum Gasteiger partial charge on any atom is 0.282 e. The summed E-state index contributed by atoms with van der Waals surface area (Å²) in [6.07, 6.45) is 6.75.